The van der Waals surface area contributed by atoms with E-state index >= 15 is 0 Å². The van der Waals surface area contributed by atoms with Crippen LogP contribution in [0, 0.1) is 0 Å². The number of piperazine rings is 1. The van der Waals surface area contributed by atoms with Crippen LogP contribution in [0.3, 0.4) is 0 Å². The van der Waals surface area contributed by atoms with Crippen molar-refractivity contribution in [1.29, 1.82) is 0 Å². The van der Waals surface area contributed by atoms with Gasteiger partial charge in [-0.2, -0.15) is 13.2 Å². The standard InChI is InChI=1S/C27H32F3N7O/c1-18-15-37(23-3-2-22(27(28,29)30)25-26(23)33-7-6-32-25)17-21(38-18)16-35-8-10-36(11-9-35)24-12-20-13-31-5-4-19(20)14-34-24/h2-3,6-7,12,14,18,21,31H,4-5,8-11,13,15-17H2,1H3/t18-,21?/m1/s1. The maximum absolute atomic E-state index is 13.6. The van der Waals surface area contributed by atoms with Crippen LogP contribution in [0.25, 0.3) is 11.0 Å². The second-order valence-corrected chi connectivity index (χ2v) is 10.4. The smallest absolute Gasteiger partial charge is 0.370 e. The number of pyridine rings is 1. The van der Waals surface area contributed by atoms with Crippen LogP contribution in [0.5, 0.6) is 0 Å². The van der Waals surface area contributed by atoms with Crippen LogP contribution in [0.2, 0.25) is 0 Å². The lowest BCUT2D eigenvalue weighted by Crippen LogP contribution is -2.54. The zero-order valence-electron chi connectivity index (χ0n) is 21.4. The SMILES string of the molecule is C[C@@H]1CN(c2ccc(C(F)(F)F)c3nccnc23)CC(CN2CCN(c3cc4c(cn3)CCNC4)CC2)O1. The zero-order chi connectivity index (χ0) is 26.3. The summed E-state index contributed by atoms with van der Waals surface area (Å²) in [6, 6.07) is 4.86. The highest BCUT2D eigenvalue weighted by Crippen LogP contribution is 2.37. The summed E-state index contributed by atoms with van der Waals surface area (Å²) in [6.07, 6.45) is 1.20. The number of hydrogen-bond donors (Lipinski definition) is 1. The molecule has 0 spiro atoms. The van der Waals surface area contributed by atoms with Crippen molar-refractivity contribution in [3.8, 4) is 0 Å². The molecule has 3 aliphatic rings. The van der Waals surface area contributed by atoms with Gasteiger partial charge in [-0.15, -0.1) is 0 Å². The van der Waals surface area contributed by atoms with Gasteiger partial charge in [0.05, 0.1) is 23.5 Å². The molecule has 202 valence electrons. The number of morpholine rings is 1. The first-order valence-corrected chi connectivity index (χ1v) is 13.2. The van der Waals surface area contributed by atoms with Crippen molar-refractivity contribution in [3.05, 3.63) is 53.5 Å². The van der Waals surface area contributed by atoms with Crippen molar-refractivity contribution < 1.29 is 17.9 Å². The average molecular weight is 528 g/mol. The van der Waals surface area contributed by atoms with Crippen LogP contribution in [-0.2, 0) is 23.9 Å². The number of benzene rings is 1. The number of rotatable bonds is 4. The lowest BCUT2D eigenvalue weighted by Gasteiger charge is -2.42. The third-order valence-corrected chi connectivity index (χ3v) is 7.69. The Morgan fingerprint density at radius 2 is 1.76 bits per heavy atom. The fourth-order valence-electron chi connectivity index (χ4n) is 5.84. The van der Waals surface area contributed by atoms with Gasteiger partial charge in [-0.25, -0.2) is 4.98 Å². The molecular formula is C27H32F3N7O. The fraction of sp³-hybridized carbons (Fsp3) is 0.519. The van der Waals surface area contributed by atoms with Crippen molar-refractivity contribution >= 4 is 22.5 Å². The van der Waals surface area contributed by atoms with Crippen LogP contribution < -0.4 is 15.1 Å². The van der Waals surface area contributed by atoms with E-state index in [9.17, 15) is 13.2 Å². The summed E-state index contributed by atoms with van der Waals surface area (Å²) in [7, 11) is 0. The molecule has 3 aromatic rings. The third kappa shape index (κ3) is 5.14. The minimum absolute atomic E-state index is 0.0580. The van der Waals surface area contributed by atoms with Crippen LogP contribution >= 0.6 is 0 Å². The lowest BCUT2D eigenvalue weighted by atomic mass is 10.0. The van der Waals surface area contributed by atoms with Gasteiger partial charge in [0, 0.05) is 70.9 Å². The molecule has 5 heterocycles. The van der Waals surface area contributed by atoms with E-state index in [4.69, 9.17) is 9.72 Å². The van der Waals surface area contributed by atoms with Gasteiger partial charge >= 0.3 is 6.18 Å². The fourth-order valence-corrected chi connectivity index (χ4v) is 5.84. The zero-order valence-corrected chi connectivity index (χ0v) is 21.4. The number of fused-ring (bicyclic) bond motifs is 2. The average Bonchev–Trinajstić information content (AvgIpc) is 2.91. The van der Waals surface area contributed by atoms with Crippen LogP contribution in [0.4, 0.5) is 24.7 Å². The van der Waals surface area contributed by atoms with Gasteiger partial charge in [0.15, 0.2) is 0 Å². The first-order chi connectivity index (χ1) is 18.3. The van der Waals surface area contributed by atoms with Crippen molar-refractivity contribution in [2.24, 2.45) is 0 Å². The Labute approximate surface area is 219 Å². The maximum atomic E-state index is 13.6. The molecule has 0 bridgehead atoms. The molecule has 0 saturated carbocycles. The molecule has 2 aromatic heterocycles. The summed E-state index contributed by atoms with van der Waals surface area (Å²) in [4.78, 5) is 19.9. The predicted octanol–water partition coefficient (Wildman–Crippen LogP) is 3.11. The van der Waals surface area contributed by atoms with E-state index in [1.807, 2.05) is 13.1 Å². The number of nitrogens with one attached hydrogen (secondary N) is 1. The Morgan fingerprint density at radius 3 is 2.55 bits per heavy atom. The molecular weight excluding hydrogens is 495 g/mol. The highest BCUT2D eigenvalue weighted by Gasteiger charge is 2.35. The van der Waals surface area contributed by atoms with Crippen LogP contribution in [-0.4, -0.2) is 84.4 Å². The summed E-state index contributed by atoms with van der Waals surface area (Å²) in [5.41, 5.74) is 2.75. The Bertz CT molecular complexity index is 1300. The molecule has 0 aliphatic carbocycles. The number of ether oxygens (including phenoxy) is 1. The Balaban J connectivity index is 1.12. The molecule has 2 atom stereocenters. The summed E-state index contributed by atoms with van der Waals surface area (Å²) in [6.45, 7) is 9.44. The topological polar surface area (TPSA) is 69.7 Å². The molecule has 2 fully saturated rings. The van der Waals surface area contributed by atoms with E-state index in [-0.39, 0.29) is 23.2 Å². The molecule has 11 heteroatoms. The van der Waals surface area contributed by atoms with Crippen molar-refractivity contribution in [2.75, 3.05) is 62.2 Å². The van der Waals surface area contributed by atoms with Gasteiger partial charge in [0.1, 0.15) is 16.9 Å². The summed E-state index contributed by atoms with van der Waals surface area (Å²) < 4.78 is 47.0. The van der Waals surface area contributed by atoms with Crippen molar-refractivity contribution in [2.45, 2.75) is 38.3 Å². The van der Waals surface area contributed by atoms with Crippen LogP contribution in [0.15, 0.2) is 36.8 Å². The number of hydrogen-bond acceptors (Lipinski definition) is 8. The molecule has 38 heavy (non-hydrogen) atoms. The van der Waals surface area contributed by atoms with E-state index in [1.54, 1.807) is 0 Å². The van der Waals surface area contributed by atoms with E-state index < -0.39 is 11.7 Å². The minimum atomic E-state index is -4.48. The molecule has 3 aliphatic heterocycles. The predicted molar refractivity (Wildman–Crippen MR) is 139 cm³/mol. The highest BCUT2D eigenvalue weighted by atomic mass is 19.4. The Kier molecular flexibility index (Phi) is 6.83. The van der Waals surface area contributed by atoms with Gasteiger partial charge in [-0.05, 0) is 49.2 Å². The normalized spacial score (nSPS) is 23.1. The largest absolute Gasteiger partial charge is 0.418 e. The number of nitrogens with zero attached hydrogens (tertiary/aromatic N) is 6. The van der Waals surface area contributed by atoms with Crippen molar-refractivity contribution in [3.63, 3.8) is 0 Å². The van der Waals surface area contributed by atoms with Gasteiger partial charge < -0.3 is 19.9 Å². The molecule has 0 radical (unpaired) electrons. The molecule has 2 saturated heterocycles. The summed E-state index contributed by atoms with van der Waals surface area (Å²) in [5, 5.41) is 3.43. The molecule has 1 N–H and O–H groups in total. The molecule has 1 unspecified atom stereocenters. The molecule has 0 amide bonds. The van der Waals surface area contributed by atoms with E-state index in [0.29, 0.717) is 18.8 Å². The number of aromatic nitrogens is 3. The number of anilines is 2. The highest BCUT2D eigenvalue weighted by molar-refractivity contribution is 5.90. The van der Waals surface area contributed by atoms with Gasteiger partial charge in [0.25, 0.3) is 0 Å². The van der Waals surface area contributed by atoms with E-state index in [0.717, 1.165) is 64.1 Å². The van der Waals surface area contributed by atoms with Gasteiger partial charge in [-0.3, -0.25) is 14.9 Å². The molecule has 8 nitrogen and oxygen atoms in total. The van der Waals surface area contributed by atoms with E-state index in [2.05, 4.69) is 36.1 Å². The quantitative estimate of drug-likeness (QED) is 0.555. The second-order valence-electron chi connectivity index (χ2n) is 10.4. The monoisotopic (exact) mass is 527 g/mol. The molecule has 6 rings (SSSR count). The summed E-state index contributed by atoms with van der Waals surface area (Å²) >= 11 is 0. The Morgan fingerprint density at radius 1 is 0.974 bits per heavy atom. The Hall–Kier alpha value is -3.02. The third-order valence-electron chi connectivity index (χ3n) is 7.69. The van der Waals surface area contributed by atoms with E-state index in [1.165, 1.54) is 29.6 Å². The van der Waals surface area contributed by atoms with Gasteiger partial charge in [0.2, 0.25) is 0 Å². The van der Waals surface area contributed by atoms with Crippen molar-refractivity contribution in [1.82, 2.24) is 25.2 Å². The number of halogens is 3. The number of alkyl halides is 3. The molecule has 1 aromatic carbocycles. The first kappa shape index (κ1) is 25.3. The lowest BCUT2D eigenvalue weighted by molar-refractivity contribution is -0.136. The second kappa shape index (κ2) is 10.3. The van der Waals surface area contributed by atoms with Gasteiger partial charge in [-0.1, -0.05) is 0 Å². The first-order valence-electron chi connectivity index (χ1n) is 13.2. The summed E-state index contributed by atoms with van der Waals surface area (Å²) in [5.74, 6) is 1.04. The minimum Gasteiger partial charge on any atom is -0.370 e. The van der Waals surface area contributed by atoms with Crippen LogP contribution in [0.1, 0.15) is 23.6 Å². The maximum Gasteiger partial charge on any atom is 0.418 e.